The van der Waals surface area contributed by atoms with Crippen LogP contribution in [-0.2, 0) is 6.42 Å². The van der Waals surface area contributed by atoms with Crippen LogP contribution in [0.25, 0.3) is 11.3 Å². The maximum atomic E-state index is 5.60. The van der Waals surface area contributed by atoms with Gasteiger partial charge in [-0.05, 0) is 51.1 Å². The van der Waals surface area contributed by atoms with E-state index in [1.807, 2.05) is 38.1 Å². The van der Waals surface area contributed by atoms with Crippen molar-refractivity contribution in [1.29, 1.82) is 0 Å². The SMILES string of the molecule is CC(C)Oc1ccc(-c2oncc2CCN)cc1. The number of ether oxygens (including phenoxy) is 1. The third-order valence-corrected chi connectivity index (χ3v) is 2.55. The van der Waals surface area contributed by atoms with Gasteiger partial charge in [-0.15, -0.1) is 0 Å². The van der Waals surface area contributed by atoms with Gasteiger partial charge < -0.3 is 15.0 Å². The zero-order valence-corrected chi connectivity index (χ0v) is 10.7. The van der Waals surface area contributed by atoms with Gasteiger partial charge in [0, 0.05) is 11.1 Å². The number of benzene rings is 1. The van der Waals surface area contributed by atoms with Crippen molar-refractivity contribution < 1.29 is 9.26 Å². The Kier molecular flexibility index (Phi) is 3.99. The number of aromatic nitrogens is 1. The van der Waals surface area contributed by atoms with Crippen LogP contribution in [-0.4, -0.2) is 17.8 Å². The third kappa shape index (κ3) is 2.90. The molecule has 0 bridgehead atoms. The van der Waals surface area contributed by atoms with E-state index >= 15 is 0 Å². The average molecular weight is 246 g/mol. The molecule has 0 amide bonds. The Morgan fingerprint density at radius 3 is 2.61 bits per heavy atom. The van der Waals surface area contributed by atoms with Crippen LogP contribution in [0.2, 0.25) is 0 Å². The van der Waals surface area contributed by atoms with Gasteiger partial charge in [0.1, 0.15) is 5.75 Å². The normalized spacial score (nSPS) is 10.9. The summed E-state index contributed by atoms with van der Waals surface area (Å²) in [5.74, 6) is 1.64. The monoisotopic (exact) mass is 246 g/mol. The Morgan fingerprint density at radius 1 is 1.28 bits per heavy atom. The van der Waals surface area contributed by atoms with Gasteiger partial charge in [-0.2, -0.15) is 0 Å². The molecule has 2 aromatic rings. The molecule has 0 unspecified atom stereocenters. The molecule has 2 N–H and O–H groups in total. The summed E-state index contributed by atoms with van der Waals surface area (Å²) in [5, 5.41) is 3.83. The van der Waals surface area contributed by atoms with Crippen molar-refractivity contribution in [2.75, 3.05) is 6.54 Å². The molecule has 0 aliphatic rings. The molecule has 96 valence electrons. The molecule has 0 fully saturated rings. The molecule has 4 nitrogen and oxygen atoms in total. The number of hydrogen-bond donors (Lipinski definition) is 1. The molecular formula is C14H18N2O2. The fourth-order valence-corrected chi connectivity index (χ4v) is 1.79. The quantitative estimate of drug-likeness (QED) is 0.881. The lowest BCUT2D eigenvalue weighted by atomic mass is 10.1. The van der Waals surface area contributed by atoms with E-state index in [9.17, 15) is 0 Å². The summed E-state index contributed by atoms with van der Waals surface area (Å²) in [5.41, 5.74) is 7.59. The van der Waals surface area contributed by atoms with E-state index in [4.69, 9.17) is 15.0 Å². The van der Waals surface area contributed by atoms with E-state index in [0.717, 1.165) is 29.1 Å². The molecule has 18 heavy (non-hydrogen) atoms. The van der Waals surface area contributed by atoms with Gasteiger partial charge in [0.25, 0.3) is 0 Å². The molecule has 1 heterocycles. The molecule has 0 saturated carbocycles. The predicted octanol–water partition coefficient (Wildman–Crippen LogP) is 2.63. The van der Waals surface area contributed by atoms with Crippen LogP contribution in [0.15, 0.2) is 35.0 Å². The van der Waals surface area contributed by atoms with E-state index in [-0.39, 0.29) is 6.10 Å². The lowest BCUT2D eigenvalue weighted by Gasteiger charge is -2.09. The molecule has 0 saturated heterocycles. The summed E-state index contributed by atoms with van der Waals surface area (Å²) < 4.78 is 10.9. The number of hydrogen-bond acceptors (Lipinski definition) is 4. The van der Waals surface area contributed by atoms with Gasteiger partial charge in [0.15, 0.2) is 5.76 Å². The second kappa shape index (κ2) is 5.69. The van der Waals surface area contributed by atoms with Crippen molar-refractivity contribution in [3.63, 3.8) is 0 Å². The lowest BCUT2D eigenvalue weighted by molar-refractivity contribution is 0.242. The number of nitrogens with zero attached hydrogens (tertiary/aromatic N) is 1. The maximum Gasteiger partial charge on any atom is 0.170 e. The fraction of sp³-hybridized carbons (Fsp3) is 0.357. The molecule has 0 aliphatic carbocycles. The van der Waals surface area contributed by atoms with E-state index in [0.29, 0.717) is 6.54 Å². The van der Waals surface area contributed by atoms with Crippen molar-refractivity contribution in [2.24, 2.45) is 5.73 Å². The predicted molar refractivity (Wildman–Crippen MR) is 70.5 cm³/mol. The van der Waals surface area contributed by atoms with E-state index in [2.05, 4.69) is 5.16 Å². The number of rotatable bonds is 5. The fourth-order valence-electron chi connectivity index (χ4n) is 1.79. The Labute approximate surface area is 107 Å². The van der Waals surface area contributed by atoms with Crippen molar-refractivity contribution in [3.05, 3.63) is 36.0 Å². The van der Waals surface area contributed by atoms with Gasteiger partial charge in [-0.25, -0.2) is 0 Å². The van der Waals surface area contributed by atoms with Crippen LogP contribution in [0.4, 0.5) is 0 Å². The molecule has 1 aromatic heterocycles. The van der Waals surface area contributed by atoms with E-state index in [1.165, 1.54) is 0 Å². The minimum Gasteiger partial charge on any atom is -0.491 e. The molecule has 0 atom stereocenters. The zero-order valence-electron chi connectivity index (χ0n) is 10.7. The van der Waals surface area contributed by atoms with Crippen molar-refractivity contribution in [2.45, 2.75) is 26.4 Å². The lowest BCUT2D eigenvalue weighted by Crippen LogP contribution is -2.05. The highest BCUT2D eigenvalue weighted by Gasteiger charge is 2.10. The molecule has 4 heteroatoms. The minimum absolute atomic E-state index is 0.175. The Morgan fingerprint density at radius 2 is 2.00 bits per heavy atom. The molecule has 0 spiro atoms. The molecule has 0 aliphatic heterocycles. The molecular weight excluding hydrogens is 228 g/mol. The second-order valence-corrected chi connectivity index (χ2v) is 4.41. The first-order chi connectivity index (χ1) is 8.70. The topological polar surface area (TPSA) is 61.3 Å². The first-order valence-electron chi connectivity index (χ1n) is 6.11. The van der Waals surface area contributed by atoms with Crippen LogP contribution in [0, 0.1) is 0 Å². The van der Waals surface area contributed by atoms with Crippen LogP contribution in [0.1, 0.15) is 19.4 Å². The van der Waals surface area contributed by atoms with Crippen LogP contribution in [0.5, 0.6) is 5.75 Å². The maximum absolute atomic E-state index is 5.60. The first kappa shape index (κ1) is 12.6. The number of nitrogens with two attached hydrogens (primary N) is 1. The van der Waals surface area contributed by atoms with E-state index < -0.39 is 0 Å². The summed E-state index contributed by atoms with van der Waals surface area (Å²) in [4.78, 5) is 0. The molecule has 2 rings (SSSR count). The largest absolute Gasteiger partial charge is 0.491 e. The van der Waals surface area contributed by atoms with Crippen molar-refractivity contribution >= 4 is 0 Å². The standard InChI is InChI=1S/C14H18N2O2/c1-10(2)17-13-5-3-11(4-6-13)14-12(7-8-15)9-16-18-14/h3-6,9-10H,7-8,15H2,1-2H3. The summed E-state index contributed by atoms with van der Waals surface area (Å²) in [6.07, 6.45) is 2.66. The van der Waals surface area contributed by atoms with Crippen molar-refractivity contribution in [3.8, 4) is 17.1 Å². The summed E-state index contributed by atoms with van der Waals surface area (Å²) in [7, 11) is 0. The van der Waals surface area contributed by atoms with Gasteiger partial charge in [-0.1, -0.05) is 5.16 Å². The van der Waals surface area contributed by atoms with Crippen LogP contribution >= 0.6 is 0 Å². The molecule has 0 radical (unpaired) electrons. The average Bonchev–Trinajstić information content (AvgIpc) is 2.78. The highest BCUT2D eigenvalue weighted by Crippen LogP contribution is 2.26. The van der Waals surface area contributed by atoms with Crippen molar-refractivity contribution in [1.82, 2.24) is 5.16 Å². The summed E-state index contributed by atoms with van der Waals surface area (Å²) in [6.45, 7) is 4.59. The van der Waals surface area contributed by atoms with Gasteiger partial charge in [0.2, 0.25) is 0 Å². The van der Waals surface area contributed by atoms with Crippen LogP contribution in [0.3, 0.4) is 0 Å². The Hall–Kier alpha value is -1.81. The smallest absolute Gasteiger partial charge is 0.170 e. The highest BCUT2D eigenvalue weighted by molar-refractivity contribution is 5.61. The summed E-state index contributed by atoms with van der Waals surface area (Å²) >= 11 is 0. The zero-order chi connectivity index (χ0) is 13.0. The Bertz CT molecular complexity index is 489. The summed E-state index contributed by atoms with van der Waals surface area (Å²) in [6, 6.07) is 7.81. The minimum atomic E-state index is 0.175. The Balaban J connectivity index is 2.20. The van der Waals surface area contributed by atoms with Gasteiger partial charge in [-0.3, -0.25) is 0 Å². The van der Waals surface area contributed by atoms with E-state index in [1.54, 1.807) is 6.20 Å². The molecule has 1 aromatic carbocycles. The van der Waals surface area contributed by atoms with Crippen LogP contribution < -0.4 is 10.5 Å². The highest BCUT2D eigenvalue weighted by atomic mass is 16.5. The third-order valence-electron chi connectivity index (χ3n) is 2.55. The van der Waals surface area contributed by atoms with Gasteiger partial charge >= 0.3 is 0 Å². The second-order valence-electron chi connectivity index (χ2n) is 4.41. The van der Waals surface area contributed by atoms with Gasteiger partial charge in [0.05, 0.1) is 12.3 Å². The first-order valence-corrected chi connectivity index (χ1v) is 6.11.